The number of nitrogens with one attached hydrogen (secondary N) is 2. The molecule has 9 rings (SSSR count). The summed E-state index contributed by atoms with van der Waals surface area (Å²) < 4.78 is 0. The number of aromatic nitrogens is 6. The summed E-state index contributed by atoms with van der Waals surface area (Å²) in [7, 11) is 0. The van der Waals surface area contributed by atoms with Crippen LogP contribution in [0.1, 0.15) is 205 Å². The molecule has 0 amide bonds. The summed E-state index contributed by atoms with van der Waals surface area (Å²) in [4.78, 5) is 30.1. The molecule has 7 aromatic rings. The number of fused-ring (bicyclic) bond motifs is 20. The zero-order valence-electron chi connectivity index (χ0n) is 44.2. The predicted octanol–water partition coefficient (Wildman–Crippen LogP) is 20.1. The Labute approximate surface area is 431 Å². The van der Waals surface area contributed by atoms with Gasteiger partial charge in [0.25, 0.3) is 0 Å². The van der Waals surface area contributed by atoms with Crippen molar-refractivity contribution in [2.75, 3.05) is 0 Å². The molecule has 2 aliphatic rings. The van der Waals surface area contributed by atoms with Crippen LogP contribution in [0.3, 0.4) is 0 Å². The number of rotatable bonds is 30. The maximum absolute atomic E-state index is 5.57. The molecule has 378 valence electrons. The van der Waals surface area contributed by atoms with Crippen LogP contribution in [0.4, 0.5) is 0 Å². The second-order valence-corrected chi connectivity index (χ2v) is 21.3. The molecule has 3 aromatic heterocycles. The third-order valence-corrected chi connectivity index (χ3v) is 15.8. The third-order valence-electron chi connectivity index (χ3n) is 15.8. The summed E-state index contributed by atoms with van der Waals surface area (Å²) in [6.45, 7) is 4.60. The highest BCUT2D eigenvalue weighted by Crippen LogP contribution is 2.42. The Morgan fingerprint density at radius 3 is 0.903 bits per heavy atom. The standard InChI is InChI=1S/C66H84N6/c1-3-5-7-9-11-13-15-17-19-21-23-25-27-29-47-57-59-49-39-31-35-43-53(49)63(67-59)71-65-55-45-37-33-41-51(55)61(69-65)58(48-30-28-26-24-22-20-18-16-14-12-10-8-6-4-2)62-52-42-34-38-46-56(52)66(70-62)72-64-54-44-36-32-40-50(54)60(57)68-64/h31-46H,3-30,47-48H2,1-2H3,(H,67,69,71)(H,68,70,72). The molecular formula is C66H84N6. The van der Waals surface area contributed by atoms with Gasteiger partial charge >= 0.3 is 0 Å². The molecule has 0 aliphatic carbocycles. The van der Waals surface area contributed by atoms with Gasteiger partial charge in [-0.05, 0) is 25.7 Å². The molecule has 2 aliphatic heterocycles. The van der Waals surface area contributed by atoms with Crippen molar-refractivity contribution in [2.24, 2.45) is 0 Å². The van der Waals surface area contributed by atoms with Gasteiger partial charge < -0.3 is 9.97 Å². The third kappa shape index (κ3) is 12.8. The normalized spacial score (nSPS) is 12.0. The summed E-state index contributed by atoms with van der Waals surface area (Å²) in [6, 6.07) is 35.0. The molecule has 0 saturated heterocycles. The first-order chi connectivity index (χ1) is 35.7. The summed E-state index contributed by atoms with van der Waals surface area (Å²) >= 11 is 0. The van der Waals surface area contributed by atoms with E-state index in [1.807, 2.05) is 0 Å². The highest BCUT2D eigenvalue weighted by atomic mass is 15.0. The van der Waals surface area contributed by atoms with Gasteiger partial charge in [-0.15, -0.1) is 0 Å². The average Bonchev–Trinajstić information content (AvgIpc) is 4.18. The van der Waals surface area contributed by atoms with Crippen LogP contribution in [0.15, 0.2) is 97.1 Å². The van der Waals surface area contributed by atoms with E-state index < -0.39 is 0 Å². The number of hydrogen-bond acceptors (Lipinski definition) is 4. The molecular weight excluding hydrogens is 877 g/mol. The van der Waals surface area contributed by atoms with Gasteiger partial charge in [-0.25, -0.2) is 19.9 Å². The number of hydrogen-bond donors (Lipinski definition) is 2. The van der Waals surface area contributed by atoms with Gasteiger partial charge in [-0.2, -0.15) is 0 Å². The van der Waals surface area contributed by atoms with Crippen molar-refractivity contribution < 1.29 is 0 Å². The lowest BCUT2D eigenvalue weighted by Crippen LogP contribution is -1.93. The van der Waals surface area contributed by atoms with Crippen LogP contribution in [-0.4, -0.2) is 29.9 Å². The Hall–Kier alpha value is -5.62. The average molecular weight is 961 g/mol. The van der Waals surface area contributed by atoms with Crippen molar-refractivity contribution in [1.82, 2.24) is 29.9 Å². The van der Waals surface area contributed by atoms with Crippen LogP contribution >= 0.6 is 0 Å². The summed E-state index contributed by atoms with van der Waals surface area (Å²) in [5.41, 5.74) is 12.9. The van der Waals surface area contributed by atoms with E-state index in [4.69, 9.17) is 19.9 Å². The number of nitrogens with zero attached hydrogens (tertiary/aromatic N) is 4. The monoisotopic (exact) mass is 961 g/mol. The van der Waals surface area contributed by atoms with Crippen LogP contribution < -0.4 is 0 Å². The lowest BCUT2D eigenvalue weighted by molar-refractivity contribution is 0.535. The SMILES string of the molecule is CCCCCCCCCCCCCCCCc1c2nc(nc3[nH]c(c(CCCCCCCCCCCCCCCC)c4nc(nc5[nH]c1c1ccccc51)-c1ccccc1-4)c1ccccc31)-c1ccccc1-2. The van der Waals surface area contributed by atoms with Gasteiger partial charge in [0.2, 0.25) is 0 Å². The zero-order valence-corrected chi connectivity index (χ0v) is 44.2. The highest BCUT2D eigenvalue weighted by Gasteiger charge is 2.25. The molecule has 6 nitrogen and oxygen atoms in total. The van der Waals surface area contributed by atoms with E-state index in [-0.39, 0.29) is 0 Å². The molecule has 5 heterocycles. The predicted molar refractivity (Wildman–Crippen MR) is 308 cm³/mol. The summed E-state index contributed by atoms with van der Waals surface area (Å²) in [5, 5.41) is 4.56. The Morgan fingerprint density at radius 2 is 0.569 bits per heavy atom. The Bertz CT molecular complexity index is 2790. The van der Waals surface area contributed by atoms with Crippen LogP contribution in [-0.2, 0) is 12.8 Å². The van der Waals surface area contributed by atoms with Gasteiger partial charge in [0.1, 0.15) is 11.3 Å². The maximum atomic E-state index is 5.57. The highest BCUT2D eigenvalue weighted by molar-refractivity contribution is 6.10. The minimum atomic E-state index is 0.762. The van der Waals surface area contributed by atoms with Crippen LogP contribution in [0.5, 0.6) is 0 Å². The summed E-state index contributed by atoms with van der Waals surface area (Å²) in [6.07, 6.45) is 39.4. The lowest BCUT2D eigenvalue weighted by atomic mass is 9.97. The number of aromatic amines is 2. The van der Waals surface area contributed by atoms with E-state index in [0.29, 0.717) is 0 Å². The van der Waals surface area contributed by atoms with Crippen molar-refractivity contribution >= 4 is 43.9 Å². The van der Waals surface area contributed by atoms with Gasteiger partial charge in [-0.1, -0.05) is 278 Å². The van der Waals surface area contributed by atoms with Crippen LogP contribution in [0, 0.1) is 0 Å². The quantitative estimate of drug-likeness (QED) is 0.0440. The minimum Gasteiger partial charge on any atom is -0.339 e. The molecule has 0 radical (unpaired) electrons. The smallest absolute Gasteiger partial charge is 0.162 e. The van der Waals surface area contributed by atoms with Crippen LogP contribution in [0.2, 0.25) is 0 Å². The molecule has 0 atom stereocenters. The van der Waals surface area contributed by atoms with Gasteiger partial charge in [0.05, 0.1) is 22.4 Å². The van der Waals surface area contributed by atoms with E-state index in [2.05, 4.69) is 121 Å². The number of unbranched alkanes of at least 4 members (excludes halogenated alkanes) is 26. The van der Waals surface area contributed by atoms with Crippen molar-refractivity contribution in [3.8, 4) is 45.3 Å². The molecule has 72 heavy (non-hydrogen) atoms. The molecule has 6 heteroatoms. The van der Waals surface area contributed by atoms with Crippen molar-refractivity contribution in [3.05, 3.63) is 108 Å². The minimum absolute atomic E-state index is 0.762. The second kappa shape index (κ2) is 26.9. The van der Waals surface area contributed by atoms with Gasteiger partial charge in [0, 0.05) is 54.9 Å². The summed E-state index contributed by atoms with van der Waals surface area (Å²) in [5.74, 6) is 1.52. The molecule has 0 fully saturated rings. The van der Waals surface area contributed by atoms with Crippen molar-refractivity contribution in [2.45, 2.75) is 206 Å². The number of H-pyrrole nitrogens is 2. The van der Waals surface area contributed by atoms with Crippen LogP contribution in [0.25, 0.3) is 89.2 Å². The fourth-order valence-corrected chi connectivity index (χ4v) is 11.8. The molecule has 8 bridgehead atoms. The Kier molecular flexibility index (Phi) is 19.2. The fraction of sp³-hybridized carbons (Fsp3) is 0.485. The van der Waals surface area contributed by atoms with E-state index in [1.165, 1.54) is 189 Å². The largest absolute Gasteiger partial charge is 0.339 e. The second-order valence-electron chi connectivity index (χ2n) is 21.3. The Morgan fingerprint density at radius 1 is 0.292 bits per heavy atom. The molecule has 0 spiro atoms. The van der Waals surface area contributed by atoms with E-state index in [9.17, 15) is 0 Å². The lowest BCUT2D eigenvalue weighted by Gasteiger charge is -2.07. The first-order valence-electron chi connectivity index (χ1n) is 29.2. The maximum Gasteiger partial charge on any atom is 0.162 e. The van der Waals surface area contributed by atoms with Crippen molar-refractivity contribution in [3.63, 3.8) is 0 Å². The van der Waals surface area contributed by atoms with Gasteiger partial charge in [-0.3, -0.25) is 0 Å². The molecule has 0 saturated carbocycles. The Balaban J connectivity index is 1.04. The molecule has 4 aromatic carbocycles. The number of benzene rings is 4. The topological polar surface area (TPSA) is 83.1 Å². The number of aryl methyl sites for hydroxylation is 2. The van der Waals surface area contributed by atoms with E-state index >= 15 is 0 Å². The van der Waals surface area contributed by atoms with Gasteiger partial charge in [0.15, 0.2) is 11.6 Å². The van der Waals surface area contributed by atoms with Crippen molar-refractivity contribution in [1.29, 1.82) is 0 Å². The molecule has 0 unspecified atom stereocenters. The zero-order chi connectivity index (χ0) is 49.2. The first-order valence-corrected chi connectivity index (χ1v) is 29.2. The fourth-order valence-electron chi connectivity index (χ4n) is 11.8. The first kappa shape index (κ1) is 51.3. The molecule has 2 N–H and O–H groups in total. The van der Waals surface area contributed by atoms with E-state index in [0.717, 1.165) is 104 Å². The van der Waals surface area contributed by atoms with E-state index in [1.54, 1.807) is 0 Å².